The molecule has 2 aromatic carbocycles. The van der Waals surface area contributed by atoms with Crippen LogP contribution in [0.4, 0.5) is 11.4 Å². The number of methoxy groups -OCH3 is 1. The molecule has 0 fully saturated rings. The van der Waals surface area contributed by atoms with Crippen LogP contribution in [0, 0.1) is 0 Å². The van der Waals surface area contributed by atoms with Crippen molar-refractivity contribution in [2.75, 3.05) is 18.2 Å². The second-order valence-corrected chi connectivity index (χ2v) is 5.64. The number of amides is 1. The van der Waals surface area contributed by atoms with Gasteiger partial charge in [0.1, 0.15) is 5.75 Å². The van der Waals surface area contributed by atoms with Crippen molar-refractivity contribution in [2.24, 2.45) is 0 Å². The average molecular weight is 349 g/mol. The first kappa shape index (κ1) is 15.4. The van der Waals surface area contributed by atoms with Gasteiger partial charge in [0.25, 0.3) is 0 Å². The summed E-state index contributed by atoms with van der Waals surface area (Å²) in [6, 6.07) is 12.8. The number of carbonyl (C=O) groups is 1. The predicted octanol–water partition coefficient (Wildman–Crippen LogP) is 3.78. The minimum Gasteiger partial charge on any atom is -0.495 e. The molecule has 4 nitrogen and oxygen atoms in total. The van der Waals surface area contributed by atoms with Gasteiger partial charge < -0.3 is 15.8 Å². The van der Waals surface area contributed by atoms with Crippen molar-refractivity contribution in [1.29, 1.82) is 0 Å². The lowest BCUT2D eigenvalue weighted by Gasteiger charge is -2.15. The summed E-state index contributed by atoms with van der Waals surface area (Å²) in [6.07, 6.45) is 0. The Morgan fingerprint density at radius 3 is 2.71 bits per heavy atom. The van der Waals surface area contributed by atoms with Crippen LogP contribution in [0.1, 0.15) is 18.4 Å². The molecule has 110 valence electrons. The molecule has 2 rings (SSSR count). The van der Waals surface area contributed by atoms with Gasteiger partial charge in [-0.25, -0.2) is 0 Å². The summed E-state index contributed by atoms with van der Waals surface area (Å²) >= 11 is 3.38. The molecule has 0 aliphatic rings. The highest BCUT2D eigenvalue weighted by molar-refractivity contribution is 9.10. The maximum atomic E-state index is 12.4. The standard InChI is InChI=1S/C16H17BrN2O2/c1-10(11-4-3-5-13(18)8-11)16(20)19-14-9-12(17)6-7-15(14)21-2/h3-10H,18H2,1-2H3,(H,19,20). The highest BCUT2D eigenvalue weighted by atomic mass is 79.9. The third-order valence-electron chi connectivity index (χ3n) is 3.22. The molecule has 2 aromatic rings. The molecule has 0 radical (unpaired) electrons. The summed E-state index contributed by atoms with van der Waals surface area (Å²) in [6.45, 7) is 1.84. The first-order valence-corrected chi connectivity index (χ1v) is 7.30. The summed E-state index contributed by atoms with van der Waals surface area (Å²) in [5.41, 5.74) is 7.91. The van der Waals surface area contributed by atoms with Crippen LogP contribution in [0.2, 0.25) is 0 Å². The summed E-state index contributed by atoms with van der Waals surface area (Å²) in [7, 11) is 1.57. The number of hydrogen-bond donors (Lipinski definition) is 2. The third kappa shape index (κ3) is 3.76. The summed E-state index contributed by atoms with van der Waals surface area (Å²) in [5, 5.41) is 2.89. The van der Waals surface area contributed by atoms with Crippen molar-refractivity contribution in [3.8, 4) is 5.75 Å². The Kier molecular flexibility index (Phi) is 4.85. The first-order valence-electron chi connectivity index (χ1n) is 6.51. The minimum atomic E-state index is -0.308. The third-order valence-corrected chi connectivity index (χ3v) is 3.72. The molecule has 0 saturated heterocycles. The second-order valence-electron chi connectivity index (χ2n) is 4.73. The highest BCUT2D eigenvalue weighted by Crippen LogP contribution is 2.29. The number of rotatable bonds is 4. The molecule has 1 atom stereocenters. The number of nitrogens with two attached hydrogens (primary N) is 1. The Morgan fingerprint density at radius 1 is 1.29 bits per heavy atom. The molecule has 3 N–H and O–H groups in total. The predicted molar refractivity (Wildman–Crippen MR) is 88.6 cm³/mol. The van der Waals surface area contributed by atoms with Crippen LogP contribution in [-0.4, -0.2) is 13.0 Å². The van der Waals surface area contributed by atoms with Crippen LogP contribution in [0.5, 0.6) is 5.75 Å². The van der Waals surface area contributed by atoms with Gasteiger partial charge in [-0.15, -0.1) is 0 Å². The fraction of sp³-hybridized carbons (Fsp3) is 0.188. The number of hydrogen-bond acceptors (Lipinski definition) is 3. The van der Waals surface area contributed by atoms with E-state index in [1.54, 1.807) is 19.2 Å². The van der Waals surface area contributed by atoms with E-state index in [1.807, 2.05) is 37.3 Å². The summed E-state index contributed by atoms with van der Waals surface area (Å²) in [4.78, 5) is 12.4. The van der Waals surface area contributed by atoms with E-state index in [0.717, 1.165) is 10.0 Å². The van der Waals surface area contributed by atoms with Gasteiger partial charge >= 0.3 is 0 Å². The zero-order valence-corrected chi connectivity index (χ0v) is 13.5. The topological polar surface area (TPSA) is 64.3 Å². The van der Waals surface area contributed by atoms with Crippen LogP contribution in [0.3, 0.4) is 0 Å². The number of nitrogen functional groups attached to an aromatic ring is 1. The van der Waals surface area contributed by atoms with Crippen LogP contribution < -0.4 is 15.8 Å². The lowest BCUT2D eigenvalue weighted by atomic mass is 10.00. The van der Waals surface area contributed by atoms with E-state index in [1.165, 1.54) is 0 Å². The maximum Gasteiger partial charge on any atom is 0.231 e. The number of ether oxygens (including phenoxy) is 1. The van der Waals surface area contributed by atoms with E-state index in [4.69, 9.17) is 10.5 Å². The molecule has 0 aliphatic heterocycles. The van der Waals surface area contributed by atoms with E-state index in [9.17, 15) is 4.79 Å². The molecule has 1 unspecified atom stereocenters. The highest BCUT2D eigenvalue weighted by Gasteiger charge is 2.17. The van der Waals surface area contributed by atoms with Gasteiger partial charge in [0.2, 0.25) is 5.91 Å². The van der Waals surface area contributed by atoms with Gasteiger partial charge in [-0.2, -0.15) is 0 Å². The van der Waals surface area contributed by atoms with E-state index in [2.05, 4.69) is 21.2 Å². The Bertz CT molecular complexity index is 658. The lowest BCUT2D eigenvalue weighted by molar-refractivity contribution is -0.117. The molecular weight excluding hydrogens is 332 g/mol. The van der Waals surface area contributed by atoms with Gasteiger partial charge in [-0.1, -0.05) is 28.1 Å². The fourth-order valence-electron chi connectivity index (χ4n) is 2.00. The first-order chi connectivity index (χ1) is 10.0. The second kappa shape index (κ2) is 6.63. The molecule has 0 aliphatic carbocycles. The monoisotopic (exact) mass is 348 g/mol. The molecule has 0 spiro atoms. The average Bonchev–Trinajstić information content (AvgIpc) is 2.46. The molecular formula is C16H17BrN2O2. The van der Waals surface area contributed by atoms with Crippen LogP contribution >= 0.6 is 15.9 Å². The van der Waals surface area contributed by atoms with E-state index >= 15 is 0 Å². The summed E-state index contributed by atoms with van der Waals surface area (Å²) in [5.74, 6) is 0.195. The van der Waals surface area contributed by atoms with Gasteiger partial charge in [0, 0.05) is 10.2 Å². The van der Waals surface area contributed by atoms with Crippen molar-refractivity contribution < 1.29 is 9.53 Å². The van der Waals surface area contributed by atoms with Gasteiger partial charge in [0.15, 0.2) is 0 Å². The maximum absolute atomic E-state index is 12.4. The molecule has 0 saturated carbocycles. The minimum absolute atomic E-state index is 0.114. The zero-order valence-electron chi connectivity index (χ0n) is 11.9. The van der Waals surface area contributed by atoms with Gasteiger partial charge in [0.05, 0.1) is 18.7 Å². The van der Waals surface area contributed by atoms with E-state index in [-0.39, 0.29) is 11.8 Å². The van der Waals surface area contributed by atoms with Crippen molar-refractivity contribution in [3.63, 3.8) is 0 Å². The Labute approximate surface area is 132 Å². The number of anilines is 2. The quantitative estimate of drug-likeness (QED) is 0.826. The molecule has 0 heterocycles. The molecule has 5 heteroatoms. The number of benzene rings is 2. The van der Waals surface area contributed by atoms with E-state index in [0.29, 0.717) is 17.1 Å². The van der Waals surface area contributed by atoms with Crippen molar-refractivity contribution in [2.45, 2.75) is 12.8 Å². The number of carbonyl (C=O) groups excluding carboxylic acids is 1. The Morgan fingerprint density at radius 2 is 2.05 bits per heavy atom. The SMILES string of the molecule is COc1ccc(Br)cc1NC(=O)C(C)c1cccc(N)c1. The van der Waals surface area contributed by atoms with Crippen LogP contribution in [-0.2, 0) is 4.79 Å². The zero-order chi connectivity index (χ0) is 15.4. The lowest BCUT2D eigenvalue weighted by Crippen LogP contribution is -2.19. The molecule has 1 amide bonds. The normalized spacial score (nSPS) is 11.8. The van der Waals surface area contributed by atoms with Crippen LogP contribution in [0.25, 0.3) is 0 Å². The largest absolute Gasteiger partial charge is 0.495 e. The molecule has 0 bridgehead atoms. The van der Waals surface area contributed by atoms with Crippen molar-refractivity contribution in [3.05, 3.63) is 52.5 Å². The Hall–Kier alpha value is -2.01. The van der Waals surface area contributed by atoms with Crippen LogP contribution in [0.15, 0.2) is 46.9 Å². The fourth-order valence-corrected chi connectivity index (χ4v) is 2.36. The van der Waals surface area contributed by atoms with Crippen molar-refractivity contribution >= 4 is 33.2 Å². The molecule has 0 aromatic heterocycles. The number of nitrogens with one attached hydrogen (secondary N) is 1. The Balaban J connectivity index is 2.20. The van der Waals surface area contributed by atoms with Crippen molar-refractivity contribution in [1.82, 2.24) is 0 Å². The smallest absolute Gasteiger partial charge is 0.231 e. The number of halogens is 1. The van der Waals surface area contributed by atoms with Gasteiger partial charge in [-0.3, -0.25) is 4.79 Å². The summed E-state index contributed by atoms with van der Waals surface area (Å²) < 4.78 is 6.12. The van der Waals surface area contributed by atoms with E-state index < -0.39 is 0 Å². The molecule has 21 heavy (non-hydrogen) atoms. The van der Waals surface area contributed by atoms with Gasteiger partial charge in [-0.05, 0) is 42.8 Å².